The zero-order chi connectivity index (χ0) is 20.9. The molecule has 0 aromatic carbocycles. The molecule has 0 bridgehead atoms. The summed E-state index contributed by atoms with van der Waals surface area (Å²) in [7, 11) is 0. The number of fused-ring (bicyclic) bond motifs is 2. The second-order valence-corrected chi connectivity index (χ2v) is 8.69. The van der Waals surface area contributed by atoms with E-state index in [1.54, 1.807) is 23.7 Å². The zero-order valence-electron chi connectivity index (χ0n) is 16.8. The van der Waals surface area contributed by atoms with Gasteiger partial charge in [-0.3, -0.25) is 10.1 Å². The molecule has 0 radical (unpaired) electrons. The van der Waals surface area contributed by atoms with E-state index in [2.05, 4.69) is 51.1 Å². The van der Waals surface area contributed by atoms with E-state index in [1.807, 2.05) is 30.5 Å². The fourth-order valence-electron chi connectivity index (χ4n) is 3.75. The van der Waals surface area contributed by atoms with Crippen molar-refractivity contribution in [3.8, 4) is 33.2 Å². The SMILES string of the molecule is Cc1ccc(-c2ccnc3[nH]c(-c4n[nH]c5ccc(-c6cnccc6C)nc45)nc23)s1. The molecule has 31 heavy (non-hydrogen) atoms. The summed E-state index contributed by atoms with van der Waals surface area (Å²) in [5.74, 6) is 0.641. The van der Waals surface area contributed by atoms with Gasteiger partial charge in [0.25, 0.3) is 0 Å². The minimum atomic E-state index is 0.641. The maximum atomic E-state index is 4.88. The lowest BCUT2D eigenvalue weighted by Gasteiger charge is -2.04. The van der Waals surface area contributed by atoms with Crippen LogP contribution < -0.4 is 0 Å². The molecule has 0 saturated carbocycles. The molecule has 0 fully saturated rings. The molecule has 7 nitrogen and oxygen atoms in total. The Morgan fingerprint density at radius 2 is 1.81 bits per heavy atom. The van der Waals surface area contributed by atoms with Gasteiger partial charge in [0.1, 0.15) is 11.0 Å². The van der Waals surface area contributed by atoms with Crippen molar-refractivity contribution in [2.75, 3.05) is 0 Å². The van der Waals surface area contributed by atoms with Crippen molar-refractivity contribution < 1.29 is 0 Å². The Hall–Kier alpha value is -3.91. The van der Waals surface area contributed by atoms with E-state index < -0.39 is 0 Å². The first-order valence-corrected chi connectivity index (χ1v) is 10.7. The van der Waals surface area contributed by atoms with Gasteiger partial charge in [-0.1, -0.05) is 0 Å². The average Bonchev–Trinajstić information content (AvgIpc) is 3.50. The predicted octanol–water partition coefficient (Wildman–Crippen LogP) is 5.30. The highest BCUT2D eigenvalue weighted by Crippen LogP contribution is 2.34. The third-order valence-electron chi connectivity index (χ3n) is 5.34. The molecule has 0 amide bonds. The van der Waals surface area contributed by atoms with Gasteiger partial charge in [-0.2, -0.15) is 5.10 Å². The molecule has 0 spiro atoms. The molecule has 0 atom stereocenters. The summed E-state index contributed by atoms with van der Waals surface area (Å²) in [6, 6.07) is 12.2. The van der Waals surface area contributed by atoms with Gasteiger partial charge in [0.05, 0.1) is 11.2 Å². The molecule has 6 rings (SSSR count). The van der Waals surface area contributed by atoms with Gasteiger partial charge in [0, 0.05) is 39.5 Å². The number of nitrogens with zero attached hydrogens (tertiary/aromatic N) is 5. The molecule has 0 aliphatic heterocycles. The number of thiophene rings is 1. The van der Waals surface area contributed by atoms with Crippen LogP contribution in [0.5, 0.6) is 0 Å². The van der Waals surface area contributed by atoms with Crippen molar-refractivity contribution in [3.63, 3.8) is 0 Å². The van der Waals surface area contributed by atoms with Gasteiger partial charge < -0.3 is 4.98 Å². The van der Waals surface area contributed by atoms with E-state index in [-0.39, 0.29) is 0 Å². The molecular weight excluding hydrogens is 406 g/mol. The van der Waals surface area contributed by atoms with Crippen LogP contribution in [-0.4, -0.2) is 35.1 Å². The summed E-state index contributed by atoms with van der Waals surface area (Å²) in [5.41, 5.74) is 7.87. The second-order valence-electron chi connectivity index (χ2n) is 7.41. The van der Waals surface area contributed by atoms with Crippen molar-refractivity contribution >= 4 is 33.5 Å². The summed E-state index contributed by atoms with van der Waals surface area (Å²) < 4.78 is 0. The maximum Gasteiger partial charge on any atom is 0.162 e. The second kappa shape index (κ2) is 6.82. The molecule has 6 aromatic rings. The summed E-state index contributed by atoms with van der Waals surface area (Å²) in [6.07, 6.45) is 5.43. The van der Waals surface area contributed by atoms with Crippen molar-refractivity contribution in [1.29, 1.82) is 0 Å². The van der Waals surface area contributed by atoms with Gasteiger partial charge in [-0.25, -0.2) is 15.0 Å². The third-order valence-corrected chi connectivity index (χ3v) is 6.37. The number of nitrogens with one attached hydrogen (secondary N) is 2. The van der Waals surface area contributed by atoms with E-state index in [1.165, 1.54) is 9.75 Å². The first-order chi connectivity index (χ1) is 15.2. The van der Waals surface area contributed by atoms with Crippen LogP contribution in [0, 0.1) is 13.8 Å². The van der Waals surface area contributed by atoms with Crippen LogP contribution in [0.25, 0.3) is 55.4 Å². The Labute approximate surface area is 181 Å². The van der Waals surface area contributed by atoms with E-state index in [4.69, 9.17) is 9.97 Å². The lowest BCUT2D eigenvalue weighted by atomic mass is 10.1. The summed E-state index contributed by atoms with van der Waals surface area (Å²) in [4.78, 5) is 24.2. The van der Waals surface area contributed by atoms with Crippen LogP contribution in [0.1, 0.15) is 10.4 Å². The van der Waals surface area contributed by atoms with Crippen LogP contribution in [0.3, 0.4) is 0 Å². The Morgan fingerprint density at radius 3 is 2.65 bits per heavy atom. The number of imidazole rings is 1. The number of hydrogen-bond acceptors (Lipinski definition) is 6. The number of H-pyrrole nitrogens is 2. The van der Waals surface area contributed by atoms with Crippen molar-refractivity contribution in [3.05, 3.63) is 65.4 Å². The average molecular weight is 424 g/mol. The van der Waals surface area contributed by atoms with Gasteiger partial charge in [-0.15, -0.1) is 11.3 Å². The number of pyridine rings is 3. The summed E-state index contributed by atoms with van der Waals surface area (Å²) >= 11 is 1.74. The fraction of sp³-hybridized carbons (Fsp3) is 0.0870. The number of aryl methyl sites for hydroxylation is 2. The quantitative estimate of drug-likeness (QED) is 0.402. The highest BCUT2D eigenvalue weighted by Gasteiger charge is 2.18. The van der Waals surface area contributed by atoms with E-state index in [9.17, 15) is 0 Å². The van der Waals surface area contributed by atoms with Gasteiger partial charge in [0.15, 0.2) is 17.2 Å². The standard InChI is InChI=1S/C23H17N7S/c1-12-7-9-24-11-15(12)16-4-5-17-20(26-16)21(30-29-17)23-27-19-14(8-10-25-22(19)28-23)18-6-3-13(2)31-18/h3-11H,1-2H3,(H,29,30)(H,25,27,28). The van der Waals surface area contributed by atoms with Gasteiger partial charge in [0.2, 0.25) is 0 Å². The molecule has 8 heteroatoms. The molecule has 150 valence electrons. The van der Waals surface area contributed by atoms with Crippen molar-refractivity contribution in [2.45, 2.75) is 13.8 Å². The molecule has 2 N–H and O–H groups in total. The lowest BCUT2D eigenvalue weighted by molar-refractivity contribution is 1.10. The van der Waals surface area contributed by atoms with Gasteiger partial charge >= 0.3 is 0 Å². The first kappa shape index (κ1) is 17.9. The van der Waals surface area contributed by atoms with E-state index in [0.717, 1.165) is 44.6 Å². The summed E-state index contributed by atoms with van der Waals surface area (Å²) in [5, 5.41) is 7.57. The van der Waals surface area contributed by atoms with Crippen molar-refractivity contribution in [2.24, 2.45) is 0 Å². The Kier molecular flexibility index (Phi) is 3.94. The predicted molar refractivity (Wildman–Crippen MR) is 123 cm³/mol. The third kappa shape index (κ3) is 2.91. The number of aromatic nitrogens is 7. The lowest BCUT2D eigenvalue weighted by Crippen LogP contribution is -1.90. The topological polar surface area (TPSA) is 96.0 Å². The largest absolute Gasteiger partial charge is 0.321 e. The minimum Gasteiger partial charge on any atom is -0.321 e. The van der Waals surface area contributed by atoms with Crippen LogP contribution in [0.15, 0.2) is 55.0 Å². The Balaban J connectivity index is 1.52. The number of hydrogen-bond donors (Lipinski definition) is 2. The highest BCUT2D eigenvalue weighted by molar-refractivity contribution is 7.15. The van der Waals surface area contributed by atoms with Crippen LogP contribution in [0.4, 0.5) is 0 Å². The van der Waals surface area contributed by atoms with E-state index >= 15 is 0 Å². The Bertz CT molecular complexity index is 1570. The molecule has 0 saturated heterocycles. The molecule has 0 aliphatic carbocycles. The highest BCUT2D eigenvalue weighted by atomic mass is 32.1. The van der Waals surface area contributed by atoms with Crippen molar-refractivity contribution in [1.82, 2.24) is 35.1 Å². The van der Waals surface area contributed by atoms with E-state index in [0.29, 0.717) is 11.5 Å². The maximum absolute atomic E-state index is 4.88. The van der Waals surface area contributed by atoms with Gasteiger partial charge in [-0.05, 0) is 55.8 Å². The van der Waals surface area contributed by atoms with Crippen LogP contribution in [-0.2, 0) is 0 Å². The Morgan fingerprint density at radius 1 is 0.871 bits per heavy atom. The van der Waals surface area contributed by atoms with Crippen LogP contribution >= 0.6 is 11.3 Å². The minimum absolute atomic E-state index is 0.641. The fourth-order valence-corrected chi connectivity index (χ4v) is 4.64. The molecule has 6 aromatic heterocycles. The normalized spacial score (nSPS) is 11.5. The molecule has 6 heterocycles. The van der Waals surface area contributed by atoms with Crippen LogP contribution in [0.2, 0.25) is 0 Å². The number of rotatable bonds is 3. The summed E-state index contributed by atoms with van der Waals surface area (Å²) in [6.45, 7) is 4.16. The molecule has 0 unspecified atom stereocenters. The zero-order valence-corrected chi connectivity index (χ0v) is 17.7. The molecular formula is C23H17N7S. The monoisotopic (exact) mass is 423 g/mol. The number of aromatic amines is 2. The molecule has 0 aliphatic rings. The smallest absolute Gasteiger partial charge is 0.162 e. The first-order valence-electron chi connectivity index (χ1n) is 9.85.